The standard InChI is InChI=1S/C18H30N4O2/c1-20-11-7-2-3-8-12-21-17(23)14-22-18(24)16(19)13-15-9-5-4-6-10-15/h4-6,9-10,16,20H,2-3,7-8,11-14,19H2,1H3,(H,21,23)(H,22,24)/t16-/m0/s1. The first-order valence-electron chi connectivity index (χ1n) is 8.62. The van der Waals surface area contributed by atoms with E-state index < -0.39 is 6.04 Å². The summed E-state index contributed by atoms with van der Waals surface area (Å²) in [6.45, 7) is 1.65. The number of nitrogens with two attached hydrogens (primary N) is 1. The third kappa shape index (κ3) is 9.27. The van der Waals surface area contributed by atoms with Crippen LogP contribution in [0.5, 0.6) is 0 Å². The number of carbonyl (C=O) groups excluding carboxylic acids is 2. The van der Waals surface area contributed by atoms with Gasteiger partial charge in [-0.25, -0.2) is 0 Å². The van der Waals surface area contributed by atoms with Crippen LogP contribution in [0.15, 0.2) is 30.3 Å². The number of unbranched alkanes of at least 4 members (excludes halogenated alkanes) is 3. The molecular formula is C18H30N4O2. The molecule has 0 aromatic heterocycles. The highest BCUT2D eigenvalue weighted by molar-refractivity contribution is 5.87. The molecule has 0 spiro atoms. The molecule has 0 unspecified atom stereocenters. The average molecular weight is 334 g/mol. The highest BCUT2D eigenvalue weighted by Crippen LogP contribution is 2.01. The Hall–Kier alpha value is -1.92. The minimum Gasteiger partial charge on any atom is -0.355 e. The third-order valence-corrected chi connectivity index (χ3v) is 3.73. The van der Waals surface area contributed by atoms with Crippen molar-refractivity contribution in [1.82, 2.24) is 16.0 Å². The summed E-state index contributed by atoms with van der Waals surface area (Å²) in [6.07, 6.45) is 4.82. The second kappa shape index (κ2) is 12.5. The monoisotopic (exact) mass is 334 g/mol. The highest BCUT2D eigenvalue weighted by atomic mass is 16.2. The van der Waals surface area contributed by atoms with Crippen molar-refractivity contribution in [1.29, 1.82) is 0 Å². The van der Waals surface area contributed by atoms with Gasteiger partial charge in [0.05, 0.1) is 12.6 Å². The van der Waals surface area contributed by atoms with E-state index in [4.69, 9.17) is 5.73 Å². The summed E-state index contributed by atoms with van der Waals surface area (Å²) in [5.74, 6) is -0.480. The van der Waals surface area contributed by atoms with Crippen LogP contribution in [0.25, 0.3) is 0 Å². The van der Waals surface area contributed by atoms with Crippen LogP contribution in [0.2, 0.25) is 0 Å². The van der Waals surface area contributed by atoms with Gasteiger partial charge in [-0.3, -0.25) is 9.59 Å². The Morgan fingerprint density at radius 2 is 1.67 bits per heavy atom. The largest absolute Gasteiger partial charge is 0.355 e. The van der Waals surface area contributed by atoms with E-state index in [9.17, 15) is 9.59 Å². The molecule has 0 aliphatic rings. The molecule has 6 heteroatoms. The van der Waals surface area contributed by atoms with Crippen LogP contribution in [0, 0.1) is 0 Å². The summed E-state index contributed by atoms with van der Waals surface area (Å²) in [7, 11) is 1.94. The Balaban J connectivity index is 2.09. The highest BCUT2D eigenvalue weighted by Gasteiger charge is 2.14. The fourth-order valence-corrected chi connectivity index (χ4v) is 2.33. The minimum atomic E-state index is -0.646. The lowest BCUT2D eigenvalue weighted by atomic mass is 10.1. The lowest BCUT2D eigenvalue weighted by Crippen LogP contribution is -2.45. The zero-order chi connectivity index (χ0) is 17.6. The third-order valence-electron chi connectivity index (χ3n) is 3.73. The van der Waals surface area contributed by atoms with Gasteiger partial charge < -0.3 is 21.7 Å². The average Bonchev–Trinajstić information content (AvgIpc) is 2.59. The summed E-state index contributed by atoms with van der Waals surface area (Å²) >= 11 is 0. The maximum Gasteiger partial charge on any atom is 0.239 e. The number of benzene rings is 1. The molecule has 0 saturated carbocycles. The Morgan fingerprint density at radius 1 is 1.00 bits per heavy atom. The van der Waals surface area contributed by atoms with Crippen molar-refractivity contribution >= 4 is 11.8 Å². The number of amides is 2. The predicted molar refractivity (Wildman–Crippen MR) is 96.5 cm³/mol. The molecule has 0 bridgehead atoms. The summed E-state index contributed by atoms with van der Waals surface area (Å²) in [4.78, 5) is 23.6. The molecule has 0 aliphatic carbocycles. The topological polar surface area (TPSA) is 96.2 Å². The van der Waals surface area contributed by atoms with Crippen LogP contribution < -0.4 is 21.7 Å². The molecule has 1 aromatic rings. The van der Waals surface area contributed by atoms with Crippen molar-refractivity contribution < 1.29 is 9.59 Å². The normalized spacial score (nSPS) is 11.8. The van der Waals surface area contributed by atoms with E-state index in [0.717, 1.165) is 37.8 Å². The van der Waals surface area contributed by atoms with E-state index in [1.54, 1.807) is 0 Å². The van der Waals surface area contributed by atoms with Gasteiger partial charge in [-0.15, -0.1) is 0 Å². The van der Waals surface area contributed by atoms with E-state index in [0.29, 0.717) is 13.0 Å². The van der Waals surface area contributed by atoms with E-state index in [-0.39, 0.29) is 18.4 Å². The molecule has 0 aliphatic heterocycles. The van der Waals surface area contributed by atoms with Gasteiger partial charge in [0, 0.05) is 6.54 Å². The van der Waals surface area contributed by atoms with E-state index >= 15 is 0 Å². The first-order valence-corrected chi connectivity index (χ1v) is 8.62. The smallest absolute Gasteiger partial charge is 0.239 e. The van der Waals surface area contributed by atoms with Crippen LogP contribution >= 0.6 is 0 Å². The Kier molecular flexibility index (Phi) is 10.5. The van der Waals surface area contributed by atoms with Crippen molar-refractivity contribution in [3.63, 3.8) is 0 Å². The maximum atomic E-state index is 11.9. The van der Waals surface area contributed by atoms with Gasteiger partial charge in [-0.1, -0.05) is 43.2 Å². The maximum absolute atomic E-state index is 11.9. The summed E-state index contributed by atoms with van der Waals surface area (Å²) in [5.41, 5.74) is 6.87. The molecule has 0 heterocycles. The Labute approximate surface area is 144 Å². The molecule has 0 fully saturated rings. The fraction of sp³-hybridized carbons (Fsp3) is 0.556. The minimum absolute atomic E-state index is 0.0267. The fourth-order valence-electron chi connectivity index (χ4n) is 2.33. The SMILES string of the molecule is CNCCCCCCNC(=O)CNC(=O)[C@@H](N)Cc1ccccc1. The molecule has 24 heavy (non-hydrogen) atoms. The lowest BCUT2D eigenvalue weighted by Gasteiger charge is -2.12. The van der Waals surface area contributed by atoms with Gasteiger partial charge in [0.1, 0.15) is 0 Å². The zero-order valence-electron chi connectivity index (χ0n) is 14.5. The quantitative estimate of drug-likeness (QED) is 0.420. The van der Waals surface area contributed by atoms with Gasteiger partial charge in [0.15, 0.2) is 0 Å². The van der Waals surface area contributed by atoms with E-state index in [1.807, 2.05) is 37.4 Å². The van der Waals surface area contributed by atoms with Crippen molar-refractivity contribution in [3.8, 4) is 0 Å². The van der Waals surface area contributed by atoms with Crippen molar-refractivity contribution in [3.05, 3.63) is 35.9 Å². The predicted octanol–water partition coefficient (Wildman–Crippen LogP) is 0.569. The summed E-state index contributed by atoms with van der Waals surface area (Å²) in [5, 5.41) is 8.50. The molecule has 0 saturated heterocycles. The van der Waals surface area contributed by atoms with Crippen molar-refractivity contribution in [2.75, 3.05) is 26.7 Å². The van der Waals surface area contributed by atoms with Crippen LogP contribution in [-0.4, -0.2) is 44.5 Å². The number of carbonyl (C=O) groups is 2. The molecule has 134 valence electrons. The lowest BCUT2D eigenvalue weighted by molar-refractivity contribution is -0.126. The first kappa shape index (κ1) is 20.1. The van der Waals surface area contributed by atoms with Crippen molar-refractivity contribution in [2.45, 2.75) is 38.1 Å². The molecule has 0 radical (unpaired) electrons. The van der Waals surface area contributed by atoms with Gasteiger partial charge >= 0.3 is 0 Å². The molecular weight excluding hydrogens is 304 g/mol. The number of hydrogen-bond donors (Lipinski definition) is 4. The van der Waals surface area contributed by atoms with Crippen LogP contribution in [0.1, 0.15) is 31.2 Å². The second-order valence-corrected chi connectivity index (χ2v) is 5.88. The molecule has 5 N–H and O–H groups in total. The van der Waals surface area contributed by atoms with Gasteiger partial charge in [-0.2, -0.15) is 0 Å². The second-order valence-electron chi connectivity index (χ2n) is 5.88. The summed E-state index contributed by atoms with van der Waals surface area (Å²) in [6, 6.07) is 8.94. The molecule has 1 rings (SSSR count). The first-order chi connectivity index (χ1) is 11.6. The van der Waals surface area contributed by atoms with Gasteiger partial charge in [0.25, 0.3) is 0 Å². The summed E-state index contributed by atoms with van der Waals surface area (Å²) < 4.78 is 0. The molecule has 6 nitrogen and oxygen atoms in total. The van der Waals surface area contributed by atoms with Crippen LogP contribution in [0.4, 0.5) is 0 Å². The Morgan fingerprint density at radius 3 is 2.33 bits per heavy atom. The van der Waals surface area contributed by atoms with Crippen LogP contribution in [-0.2, 0) is 16.0 Å². The zero-order valence-corrected chi connectivity index (χ0v) is 14.5. The molecule has 1 aromatic carbocycles. The number of nitrogens with one attached hydrogen (secondary N) is 3. The number of hydrogen-bond acceptors (Lipinski definition) is 4. The van der Waals surface area contributed by atoms with Gasteiger partial charge in [-0.05, 0) is 38.4 Å². The Bertz CT molecular complexity index is 479. The molecule has 2 amide bonds. The van der Waals surface area contributed by atoms with Crippen LogP contribution in [0.3, 0.4) is 0 Å². The molecule has 1 atom stereocenters. The van der Waals surface area contributed by atoms with Crippen molar-refractivity contribution in [2.24, 2.45) is 5.73 Å². The number of rotatable bonds is 12. The van der Waals surface area contributed by atoms with E-state index in [2.05, 4.69) is 16.0 Å². The van der Waals surface area contributed by atoms with Gasteiger partial charge in [0.2, 0.25) is 11.8 Å². The van der Waals surface area contributed by atoms with E-state index in [1.165, 1.54) is 0 Å².